The first-order valence-electron chi connectivity index (χ1n) is 8.90. The predicted octanol–water partition coefficient (Wildman–Crippen LogP) is 2.69. The van der Waals surface area contributed by atoms with Gasteiger partial charge in [-0.2, -0.15) is 4.31 Å². The van der Waals surface area contributed by atoms with E-state index in [1.807, 2.05) is 0 Å². The molecule has 0 N–H and O–H groups in total. The van der Waals surface area contributed by atoms with Crippen LogP contribution < -0.4 is 9.47 Å². The van der Waals surface area contributed by atoms with Crippen LogP contribution in [0.2, 0.25) is 0 Å². The van der Waals surface area contributed by atoms with Crippen LogP contribution >= 0.6 is 0 Å². The normalized spacial score (nSPS) is 16.8. The van der Waals surface area contributed by atoms with E-state index in [1.165, 1.54) is 37.8 Å². The zero-order valence-corrected chi connectivity index (χ0v) is 17.2. The lowest BCUT2D eigenvalue weighted by Crippen LogP contribution is -2.41. The number of fused-ring (bicyclic) bond motifs is 1. The molecule has 1 heterocycles. The molecule has 0 saturated heterocycles. The summed E-state index contributed by atoms with van der Waals surface area (Å²) in [6.07, 6.45) is 0.257. The fourth-order valence-electron chi connectivity index (χ4n) is 3.49. The molecular weight excluding hydrogens is 401 g/mol. The van der Waals surface area contributed by atoms with Gasteiger partial charge in [-0.05, 0) is 53.9 Å². The molecule has 0 bridgehead atoms. The molecule has 29 heavy (non-hydrogen) atoms. The third-order valence-electron chi connectivity index (χ3n) is 4.96. The summed E-state index contributed by atoms with van der Waals surface area (Å²) in [5.74, 6) is -0.118. The van der Waals surface area contributed by atoms with Gasteiger partial charge in [0.1, 0.15) is 5.82 Å². The van der Waals surface area contributed by atoms with E-state index in [2.05, 4.69) is 0 Å². The van der Waals surface area contributed by atoms with Gasteiger partial charge in [0.05, 0.1) is 38.7 Å². The quantitative estimate of drug-likeness (QED) is 0.665. The number of esters is 1. The third-order valence-corrected chi connectivity index (χ3v) is 6.88. The van der Waals surface area contributed by atoms with E-state index < -0.39 is 27.9 Å². The van der Waals surface area contributed by atoms with E-state index >= 15 is 0 Å². The minimum absolute atomic E-state index is 0.0438. The molecule has 2 aromatic carbocycles. The molecule has 0 saturated carbocycles. The molecule has 156 valence electrons. The van der Waals surface area contributed by atoms with E-state index in [-0.39, 0.29) is 17.9 Å². The Morgan fingerprint density at radius 2 is 1.72 bits per heavy atom. The molecule has 3 rings (SSSR count). The molecule has 1 aliphatic heterocycles. The SMILES string of the molecule is COC(=O)C[C@H]1c2cc(OC)c(OC)cc2CCN1S(=O)(=O)c1ccc(F)cc1. The number of rotatable bonds is 6. The van der Waals surface area contributed by atoms with Gasteiger partial charge < -0.3 is 14.2 Å². The van der Waals surface area contributed by atoms with Crippen molar-refractivity contribution in [2.45, 2.75) is 23.8 Å². The second-order valence-corrected chi connectivity index (χ2v) is 8.41. The average molecular weight is 423 g/mol. The van der Waals surface area contributed by atoms with E-state index in [0.717, 1.165) is 17.7 Å². The average Bonchev–Trinajstić information content (AvgIpc) is 2.72. The number of ether oxygens (including phenoxy) is 3. The highest BCUT2D eigenvalue weighted by atomic mass is 32.2. The summed E-state index contributed by atoms with van der Waals surface area (Å²) in [5.41, 5.74) is 1.51. The van der Waals surface area contributed by atoms with E-state index in [9.17, 15) is 17.6 Å². The molecule has 0 aliphatic carbocycles. The lowest BCUT2D eigenvalue weighted by atomic mass is 9.91. The molecule has 0 spiro atoms. The number of sulfonamides is 1. The van der Waals surface area contributed by atoms with Crippen LogP contribution in [-0.2, 0) is 26.0 Å². The van der Waals surface area contributed by atoms with E-state index in [4.69, 9.17) is 14.2 Å². The molecule has 1 aliphatic rings. The second-order valence-electron chi connectivity index (χ2n) is 6.52. The molecule has 0 unspecified atom stereocenters. The Hall–Kier alpha value is -2.65. The molecule has 0 radical (unpaired) electrons. The topological polar surface area (TPSA) is 82.1 Å². The second kappa shape index (κ2) is 8.38. The van der Waals surface area contributed by atoms with Gasteiger partial charge >= 0.3 is 5.97 Å². The standard InChI is InChI=1S/C20H22FNO6S/c1-26-18-10-13-8-9-22(29(24,25)15-6-4-14(21)5-7-15)17(12-20(23)28-3)16(13)11-19(18)27-2/h4-7,10-11,17H,8-9,12H2,1-3H3/t17-/m0/s1. The Kier molecular flexibility index (Phi) is 6.09. The minimum Gasteiger partial charge on any atom is -0.493 e. The molecule has 0 amide bonds. The van der Waals surface area contributed by atoms with Crippen LogP contribution in [0.25, 0.3) is 0 Å². The highest BCUT2D eigenvalue weighted by molar-refractivity contribution is 7.89. The first-order valence-corrected chi connectivity index (χ1v) is 10.3. The maximum atomic E-state index is 13.3. The van der Waals surface area contributed by atoms with Crippen LogP contribution in [0.15, 0.2) is 41.3 Å². The van der Waals surface area contributed by atoms with E-state index in [0.29, 0.717) is 23.5 Å². The number of hydrogen-bond acceptors (Lipinski definition) is 6. The summed E-state index contributed by atoms with van der Waals surface area (Å²) in [5, 5.41) is 0. The van der Waals surface area contributed by atoms with Crippen molar-refractivity contribution in [3.05, 3.63) is 53.3 Å². The number of carbonyl (C=O) groups is 1. The third kappa shape index (κ3) is 4.06. The zero-order chi connectivity index (χ0) is 21.2. The Labute approximate surface area is 169 Å². The molecule has 0 aromatic heterocycles. The molecular formula is C20H22FNO6S. The molecule has 7 nitrogen and oxygen atoms in total. The van der Waals surface area contributed by atoms with Gasteiger partial charge in [0.2, 0.25) is 10.0 Å². The Bertz CT molecular complexity index is 1010. The summed E-state index contributed by atoms with van der Waals surface area (Å²) >= 11 is 0. The predicted molar refractivity (Wildman–Crippen MR) is 103 cm³/mol. The number of nitrogens with zero attached hydrogens (tertiary/aromatic N) is 1. The molecule has 0 fully saturated rings. The van der Waals surface area contributed by atoms with Crippen molar-refractivity contribution in [2.75, 3.05) is 27.9 Å². The van der Waals surface area contributed by atoms with Crippen LogP contribution in [0.5, 0.6) is 11.5 Å². The number of halogens is 1. The Morgan fingerprint density at radius 1 is 1.10 bits per heavy atom. The summed E-state index contributed by atoms with van der Waals surface area (Å²) in [6, 6.07) is 7.30. The molecule has 9 heteroatoms. The van der Waals surface area contributed by atoms with Crippen molar-refractivity contribution < 1.29 is 31.8 Å². The zero-order valence-electron chi connectivity index (χ0n) is 16.3. The minimum atomic E-state index is -3.97. The van der Waals surface area contributed by atoms with Gasteiger partial charge in [-0.15, -0.1) is 0 Å². The van der Waals surface area contributed by atoms with Crippen molar-refractivity contribution in [3.8, 4) is 11.5 Å². The highest BCUT2D eigenvalue weighted by Gasteiger charge is 2.38. The fourth-order valence-corrected chi connectivity index (χ4v) is 5.09. The van der Waals surface area contributed by atoms with Crippen molar-refractivity contribution in [3.63, 3.8) is 0 Å². The summed E-state index contributed by atoms with van der Waals surface area (Å²) in [6.45, 7) is 0.157. The van der Waals surface area contributed by atoms with Crippen molar-refractivity contribution >= 4 is 16.0 Å². The van der Waals surface area contributed by atoms with Crippen molar-refractivity contribution in [2.24, 2.45) is 0 Å². The van der Waals surface area contributed by atoms with Gasteiger partial charge in [0.25, 0.3) is 0 Å². The van der Waals surface area contributed by atoms with Crippen LogP contribution in [0.4, 0.5) is 4.39 Å². The summed E-state index contributed by atoms with van der Waals surface area (Å²) < 4.78 is 56.5. The number of hydrogen-bond donors (Lipinski definition) is 0. The maximum absolute atomic E-state index is 13.3. The lowest BCUT2D eigenvalue weighted by molar-refractivity contribution is -0.141. The Balaban J connectivity index is 2.11. The number of benzene rings is 2. The van der Waals surface area contributed by atoms with Crippen molar-refractivity contribution in [1.82, 2.24) is 4.31 Å². The van der Waals surface area contributed by atoms with Gasteiger partial charge in [0, 0.05) is 6.54 Å². The highest BCUT2D eigenvalue weighted by Crippen LogP contribution is 2.41. The molecule has 1 atom stereocenters. The van der Waals surface area contributed by atoms with Crippen LogP contribution in [0, 0.1) is 5.82 Å². The largest absolute Gasteiger partial charge is 0.493 e. The lowest BCUT2D eigenvalue weighted by Gasteiger charge is -2.36. The molecule has 2 aromatic rings. The number of methoxy groups -OCH3 is 3. The van der Waals surface area contributed by atoms with Gasteiger partial charge in [-0.3, -0.25) is 4.79 Å². The first kappa shape index (κ1) is 21.1. The summed E-state index contributed by atoms with van der Waals surface area (Å²) in [7, 11) is 0.276. The first-order chi connectivity index (χ1) is 13.8. The van der Waals surface area contributed by atoms with Gasteiger partial charge in [-0.25, -0.2) is 12.8 Å². The van der Waals surface area contributed by atoms with Gasteiger partial charge in [0.15, 0.2) is 11.5 Å². The van der Waals surface area contributed by atoms with E-state index in [1.54, 1.807) is 12.1 Å². The van der Waals surface area contributed by atoms with Crippen molar-refractivity contribution in [1.29, 1.82) is 0 Å². The van der Waals surface area contributed by atoms with Crippen LogP contribution in [-0.4, -0.2) is 46.6 Å². The van der Waals surface area contributed by atoms with Crippen LogP contribution in [0.1, 0.15) is 23.6 Å². The maximum Gasteiger partial charge on any atom is 0.307 e. The smallest absolute Gasteiger partial charge is 0.307 e. The fraction of sp³-hybridized carbons (Fsp3) is 0.350. The van der Waals surface area contributed by atoms with Gasteiger partial charge in [-0.1, -0.05) is 0 Å². The van der Waals surface area contributed by atoms with Crippen LogP contribution in [0.3, 0.4) is 0 Å². The number of carbonyl (C=O) groups excluding carboxylic acids is 1. The Morgan fingerprint density at radius 3 is 2.31 bits per heavy atom. The monoisotopic (exact) mass is 423 g/mol. The summed E-state index contributed by atoms with van der Waals surface area (Å²) in [4.78, 5) is 12.0.